The van der Waals surface area contributed by atoms with Crippen molar-refractivity contribution in [3.05, 3.63) is 92.9 Å². The first-order chi connectivity index (χ1) is 16.1. The fraction of sp³-hybridized carbons (Fsp3) is 0.269. The summed E-state index contributed by atoms with van der Waals surface area (Å²) in [5.41, 5.74) is 6.08. The highest BCUT2D eigenvalue weighted by Crippen LogP contribution is 2.27. The molecule has 1 N–H and O–H groups in total. The molecule has 0 spiro atoms. The summed E-state index contributed by atoms with van der Waals surface area (Å²) in [5.74, 6) is 1.24. The number of aromatic nitrogens is 3. The summed E-state index contributed by atoms with van der Waals surface area (Å²) in [6, 6.07) is 19.2. The molecule has 0 bridgehead atoms. The second kappa shape index (κ2) is 9.53. The Bertz CT molecular complexity index is 1250. The Morgan fingerprint density at radius 2 is 1.88 bits per heavy atom. The maximum atomic E-state index is 12.8. The fourth-order valence-electron chi connectivity index (χ4n) is 4.34. The van der Waals surface area contributed by atoms with Gasteiger partial charge in [0.2, 0.25) is 5.91 Å². The number of thiophene rings is 1. The molecule has 7 heteroatoms. The summed E-state index contributed by atoms with van der Waals surface area (Å²) in [5, 5.41) is 15.0. The minimum absolute atomic E-state index is 0.0353. The van der Waals surface area contributed by atoms with Crippen LogP contribution in [0, 0.1) is 13.8 Å². The van der Waals surface area contributed by atoms with E-state index in [0.29, 0.717) is 12.2 Å². The number of fused-ring (bicyclic) bond motifs is 1. The van der Waals surface area contributed by atoms with E-state index in [1.807, 2.05) is 0 Å². The summed E-state index contributed by atoms with van der Waals surface area (Å²) >= 11 is 3.16. The van der Waals surface area contributed by atoms with E-state index in [-0.39, 0.29) is 11.9 Å². The van der Waals surface area contributed by atoms with Crippen LogP contribution < -0.4 is 5.32 Å². The van der Waals surface area contributed by atoms with Crippen LogP contribution in [0.5, 0.6) is 0 Å². The van der Waals surface area contributed by atoms with Gasteiger partial charge in [0.1, 0.15) is 5.82 Å². The number of nitrogens with zero attached hydrogens (tertiary/aromatic N) is 3. The third-order valence-corrected chi connectivity index (χ3v) is 7.77. The lowest BCUT2D eigenvalue weighted by molar-refractivity contribution is -0.119. The molecule has 2 heterocycles. The minimum atomic E-state index is 0.0353. The lowest BCUT2D eigenvalue weighted by Gasteiger charge is -2.14. The van der Waals surface area contributed by atoms with Gasteiger partial charge in [0.05, 0.1) is 11.4 Å². The van der Waals surface area contributed by atoms with Crippen LogP contribution >= 0.6 is 23.1 Å². The molecule has 0 radical (unpaired) electrons. The Labute approximate surface area is 202 Å². The summed E-state index contributed by atoms with van der Waals surface area (Å²) in [6.07, 6.45) is 2.51. The first-order valence-corrected chi connectivity index (χ1v) is 13.0. The highest BCUT2D eigenvalue weighted by molar-refractivity contribution is 7.99. The highest BCUT2D eigenvalue weighted by atomic mass is 32.2. The lowest BCUT2D eigenvalue weighted by Crippen LogP contribution is -2.36. The average Bonchev–Trinajstić information content (AvgIpc) is 3.54. The number of aryl methyl sites for hydroxylation is 2. The second-order valence-electron chi connectivity index (χ2n) is 8.51. The van der Waals surface area contributed by atoms with Crippen LogP contribution in [0.2, 0.25) is 0 Å². The summed E-state index contributed by atoms with van der Waals surface area (Å²) < 4.78 is 2.12. The molecule has 0 aliphatic heterocycles. The van der Waals surface area contributed by atoms with Gasteiger partial charge in [-0.3, -0.25) is 9.36 Å². The zero-order chi connectivity index (χ0) is 22.8. The minimum Gasteiger partial charge on any atom is -0.352 e. The maximum absolute atomic E-state index is 12.8. The van der Waals surface area contributed by atoms with Gasteiger partial charge in [0.25, 0.3) is 0 Å². The predicted molar refractivity (Wildman–Crippen MR) is 134 cm³/mol. The van der Waals surface area contributed by atoms with Crippen molar-refractivity contribution in [2.75, 3.05) is 5.75 Å². The van der Waals surface area contributed by atoms with Gasteiger partial charge in [0.15, 0.2) is 5.16 Å². The topological polar surface area (TPSA) is 59.8 Å². The maximum Gasteiger partial charge on any atom is 0.230 e. The Hall–Kier alpha value is -2.90. The van der Waals surface area contributed by atoms with Crippen LogP contribution in [0.4, 0.5) is 0 Å². The van der Waals surface area contributed by atoms with Crippen LogP contribution in [0.15, 0.2) is 65.1 Å². The van der Waals surface area contributed by atoms with Gasteiger partial charge >= 0.3 is 0 Å². The van der Waals surface area contributed by atoms with E-state index >= 15 is 0 Å². The van der Waals surface area contributed by atoms with Gasteiger partial charge in [-0.25, -0.2) is 0 Å². The molecule has 1 aliphatic carbocycles. The summed E-state index contributed by atoms with van der Waals surface area (Å²) in [4.78, 5) is 14.0. The smallest absolute Gasteiger partial charge is 0.230 e. The first kappa shape index (κ1) is 21.9. The molecular weight excluding hydrogens is 448 g/mol. The van der Waals surface area contributed by atoms with Crippen molar-refractivity contribution in [2.24, 2.45) is 0 Å². The number of rotatable bonds is 7. The van der Waals surface area contributed by atoms with E-state index in [1.165, 1.54) is 33.3 Å². The molecule has 5 nitrogen and oxygen atoms in total. The molecule has 2 aromatic heterocycles. The molecule has 4 aromatic rings. The van der Waals surface area contributed by atoms with Crippen LogP contribution in [-0.4, -0.2) is 32.5 Å². The molecule has 33 heavy (non-hydrogen) atoms. The van der Waals surface area contributed by atoms with Gasteiger partial charge in [-0.1, -0.05) is 54.2 Å². The average molecular weight is 475 g/mol. The van der Waals surface area contributed by atoms with E-state index in [0.717, 1.165) is 35.1 Å². The predicted octanol–water partition coefficient (Wildman–Crippen LogP) is 4.91. The molecule has 0 saturated heterocycles. The number of benzene rings is 2. The summed E-state index contributed by atoms with van der Waals surface area (Å²) in [6.45, 7) is 4.19. The van der Waals surface area contributed by atoms with Crippen molar-refractivity contribution in [1.29, 1.82) is 0 Å². The van der Waals surface area contributed by atoms with Gasteiger partial charge in [0, 0.05) is 17.3 Å². The molecule has 1 amide bonds. The van der Waals surface area contributed by atoms with Crippen molar-refractivity contribution in [3.63, 3.8) is 0 Å². The van der Waals surface area contributed by atoms with Crippen LogP contribution in [-0.2, 0) is 24.1 Å². The molecule has 0 fully saturated rings. The third-order valence-electron chi connectivity index (χ3n) is 5.97. The zero-order valence-electron chi connectivity index (χ0n) is 18.7. The van der Waals surface area contributed by atoms with Crippen molar-refractivity contribution in [1.82, 2.24) is 20.1 Å². The van der Waals surface area contributed by atoms with Gasteiger partial charge in [-0.05, 0) is 66.5 Å². The monoisotopic (exact) mass is 474 g/mol. The largest absolute Gasteiger partial charge is 0.352 e. The van der Waals surface area contributed by atoms with Crippen molar-refractivity contribution >= 4 is 29.0 Å². The SMILES string of the molecule is Cc1ccc(C)c(-n2c(Cc3cccs3)nnc2SCC(=O)NC2Cc3ccccc3C2)c1. The van der Waals surface area contributed by atoms with Gasteiger partial charge < -0.3 is 5.32 Å². The van der Waals surface area contributed by atoms with E-state index < -0.39 is 0 Å². The zero-order valence-corrected chi connectivity index (χ0v) is 20.4. The normalized spacial score (nSPS) is 13.3. The van der Waals surface area contributed by atoms with Gasteiger partial charge in [-0.2, -0.15) is 0 Å². The number of carbonyl (C=O) groups is 1. The second-order valence-corrected chi connectivity index (χ2v) is 10.5. The fourth-order valence-corrected chi connectivity index (χ4v) is 5.82. The molecule has 1 aliphatic rings. The van der Waals surface area contributed by atoms with Crippen LogP contribution in [0.1, 0.15) is 33.0 Å². The Balaban J connectivity index is 1.33. The molecule has 0 saturated carbocycles. The van der Waals surface area contributed by atoms with E-state index in [1.54, 1.807) is 11.3 Å². The number of carbonyl (C=O) groups excluding carboxylic acids is 1. The number of hydrogen-bond acceptors (Lipinski definition) is 5. The lowest BCUT2D eigenvalue weighted by atomic mass is 10.1. The molecule has 0 unspecified atom stereocenters. The number of hydrogen-bond donors (Lipinski definition) is 1. The van der Waals surface area contributed by atoms with E-state index in [4.69, 9.17) is 0 Å². The molecule has 5 rings (SSSR count). The Morgan fingerprint density at radius 1 is 1.09 bits per heavy atom. The quantitative estimate of drug-likeness (QED) is 0.387. The molecule has 0 atom stereocenters. The van der Waals surface area contributed by atoms with E-state index in [9.17, 15) is 4.79 Å². The number of thioether (sulfide) groups is 1. The number of amides is 1. The molecule has 2 aromatic carbocycles. The third kappa shape index (κ3) is 4.89. The van der Waals surface area contributed by atoms with Crippen LogP contribution in [0.3, 0.4) is 0 Å². The highest BCUT2D eigenvalue weighted by Gasteiger charge is 2.23. The van der Waals surface area contributed by atoms with Crippen molar-refractivity contribution in [2.45, 2.75) is 44.3 Å². The Morgan fingerprint density at radius 3 is 2.61 bits per heavy atom. The van der Waals surface area contributed by atoms with Crippen LogP contribution in [0.25, 0.3) is 5.69 Å². The standard InChI is InChI=1S/C26H26N4OS2/c1-17-9-10-18(2)23(12-17)30-24(15-22-8-5-11-32-22)28-29-26(30)33-16-25(31)27-21-13-19-6-3-4-7-20(19)14-21/h3-12,21H,13-16H2,1-2H3,(H,27,31). The van der Waals surface area contributed by atoms with Crippen molar-refractivity contribution < 1.29 is 4.79 Å². The first-order valence-electron chi connectivity index (χ1n) is 11.1. The van der Waals surface area contributed by atoms with E-state index in [2.05, 4.69) is 93.9 Å². The number of nitrogens with one attached hydrogen (secondary N) is 1. The molecular formula is C26H26N4OS2. The Kier molecular flexibility index (Phi) is 6.33. The summed E-state index contributed by atoms with van der Waals surface area (Å²) in [7, 11) is 0. The van der Waals surface area contributed by atoms with Gasteiger partial charge in [-0.15, -0.1) is 21.5 Å². The van der Waals surface area contributed by atoms with Crippen molar-refractivity contribution in [3.8, 4) is 5.69 Å². The molecule has 168 valence electrons.